The van der Waals surface area contributed by atoms with Crippen LogP contribution in [0.15, 0.2) is 0 Å². The van der Waals surface area contributed by atoms with Crippen molar-refractivity contribution in [2.24, 2.45) is 0 Å². The van der Waals surface area contributed by atoms with E-state index in [1.807, 2.05) is 0 Å². The zero-order valence-electron chi connectivity index (χ0n) is 5.19. The lowest BCUT2D eigenvalue weighted by molar-refractivity contribution is 0.347. The molecule has 8 heavy (non-hydrogen) atoms. The lowest BCUT2D eigenvalue weighted by atomic mass is 10.4. The molecule has 2 heteroatoms. The van der Waals surface area contributed by atoms with E-state index in [0.717, 1.165) is 6.54 Å². The Balaban J connectivity index is 2.06. The minimum atomic E-state index is 0.569. The second-order valence-electron chi connectivity index (χ2n) is 2.30. The van der Waals surface area contributed by atoms with Gasteiger partial charge >= 0.3 is 0 Å². The van der Waals surface area contributed by atoms with Gasteiger partial charge in [-0.1, -0.05) is 0 Å². The van der Waals surface area contributed by atoms with Crippen molar-refractivity contribution < 1.29 is 0 Å². The largest absolute Gasteiger partial charge is 0.302 e. The summed E-state index contributed by atoms with van der Waals surface area (Å²) in [6.07, 6.45) is 2.69. The molecule has 1 N–H and O–H groups in total. The third-order valence-electron chi connectivity index (χ3n) is 1.63. The Morgan fingerprint density at radius 2 is 1.88 bits per heavy atom. The zero-order valence-corrected chi connectivity index (χ0v) is 5.19. The van der Waals surface area contributed by atoms with Gasteiger partial charge in [-0.25, -0.2) is 0 Å². The van der Waals surface area contributed by atoms with Crippen LogP contribution >= 0.6 is 0 Å². The lowest BCUT2D eigenvalue weighted by Crippen LogP contribution is -2.23. The van der Waals surface area contributed by atoms with Crippen molar-refractivity contribution in [1.82, 2.24) is 10.6 Å². The first-order valence-electron chi connectivity index (χ1n) is 3.30. The zero-order chi connectivity index (χ0) is 5.82. The Bertz CT molecular complexity index is 57.5. The Kier molecular flexibility index (Phi) is 2.30. The normalized spacial score (nSPS) is 22.1. The second-order valence-corrected chi connectivity index (χ2v) is 2.30. The van der Waals surface area contributed by atoms with Crippen LogP contribution in [0.5, 0.6) is 0 Å². The van der Waals surface area contributed by atoms with E-state index in [1.54, 1.807) is 0 Å². The first-order chi connectivity index (χ1) is 3.93. The van der Waals surface area contributed by atoms with Crippen molar-refractivity contribution in [2.45, 2.75) is 12.8 Å². The first kappa shape index (κ1) is 6.05. The maximum absolute atomic E-state index is 6.93. The molecular weight excluding hydrogens is 100 g/mol. The standard InChI is InChI=1S/C6H13N2/c7-3-6-8-4-1-2-5-8/h7H,1-6H2. The topological polar surface area (TPSA) is 27.0 Å². The van der Waals surface area contributed by atoms with E-state index in [2.05, 4.69) is 4.90 Å². The number of nitrogens with one attached hydrogen (secondary N) is 1. The molecule has 1 radical (unpaired) electrons. The number of nitrogens with zero attached hydrogens (tertiary/aromatic N) is 1. The summed E-state index contributed by atoms with van der Waals surface area (Å²) in [5.74, 6) is 0. The van der Waals surface area contributed by atoms with Gasteiger partial charge in [0, 0.05) is 13.1 Å². The fourth-order valence-electron chi connectivity index (χ4n) is 1.16. The smallest absolute Gasteiger partial charge is 0.0228 e. The van der Waals surface area contributed by atoms with Crippen LogP contribution in [0.4, 0.5) is 0 Å². The molecule has 0 bridgehead atoms. The molecule has 1 fully saturated rings. The van der Waals surface area contributed by atoms with E-state index in [9.17, 15) is 0 Å². The van der Waals surface area contributed by atoms with Gasteiger partial charge in [0.15, 0.2) is 0 Å². The van der Waals surface area contributed by atoms with Crippen LogP contribution in [-0.4, -0.2) is 31.1 Å². The van der Waals surface area contributed by atoms with E-state index in [-0.39, 0.29) is 0 Å². The summed E-state index contributed by atoms with van der Waals surface area (Å²) in [4.78, 5) is 2.35. The Morgan fingerprint density at radius 3 is 2.38 bits per heavy atom. The summed E-state index contributed by atoms with van der Waals surface area (Å²) in [5.41, 5.74) is 6.93. The van der Waals surface area contributed by atoms with Gasteiger partial charge in [-0.15, -0.1) is 0 Å². The molecule has 1 aliphatic rings. The average Bonchev–Trinajstić information content (AvgIpc) is 2.19. The molecule has 1 saturated heterocycles. The molecule has 0 saturated carbocycles. The Labute approximate surface area is 50.7 Å². The van der Waals surface area contributed by atoms with Crippen molar-refractivity contribution in [2.75, 3.05) is 26.2 Å². The number of hydrogen-bond donors (Lipinski definition) is 0. The summed E-state index contributed by atoms with van der Waals surface area (Å²) in [7, 11) is 0. The average molecular weight is 113 g/mol. The maximum Gasteiger partial charge on any atom is 0.0228 e. The van der Waals surface area contributed by atoms with Gasteiger partial charge in [0.05, 0.1) is 0 Å². The highest BCUT2D eigenvalue weighted by Crippen LogP contribution is 2.04. The van der Waals surface area contributed by atoms with Crippen molar-refractivity contribution in [3.63, 3.8) is 0 Å². The number of likely N-dealkylation sites (tertiary alicyclic amines) is 1. The molecule has 47 valence electrons. The fourth-order valence-corrected chi connectivity index (χ4v) is 1.16. The van der Waals surface area contributed by atoms with Gasteiger partial charge in [0.25, 0.3) is 0 Å². The molecule has 0 aromatic heterocycles. The predicted molar refractivity (Wildman–Crippen MR) is 33.6 cm³/mol. The summed E-state index contributed by atoms with van der Waals surface area (Å²) < 4.78 is 0. The molecule has 0 unspecified atom stereocenters. The number of rotatable bonds is 2. The van der Waals surface area contributed by atoms with Crippen LogP contribution in [0, 0.1) is 0 Å². The Morgan fingerprint density at radius 1 is 1.25 bits per heavy atom. The van der Waals surface area contributed by atoms with Gasteiger partial charge in [-0.2, -0.15) is 0 Å². The SMILES string of the molecule is [NH]CCN1CCCC1. The van der Waals surface area contributed by atoms with Crippen LogP contribution in [0.2, 0.25) is 0 Å². The quantitative estimate of drug-likeness (QED) is 0.508. The van der Waals surface area contributed by atoms with E-state index in [4.69, 9.17) is 5.73 Å². The highest BCUT2D eigenvalue weighted by molar-refractivity contribution is 4.65. The number of hydrogen-bond acceptors (Lipinski definition) is 1. The predicted octanol–water partition coefficient (Wildman–Crippen LogP) is 0.365. The van der Waals surface area contributed by atoms with Crippen molar-refractivity contribution in [3.8, 4) is 0 Å². The highest BCUT2D eigenvalue weighted by Gasteiger charge is 2.08. The van der Waals surface area contributed by atoms with Crippen LogP contribution < -0.4 is 5.73 Å². The van der Waals surface area contributed by atoms with Gasteiger partial charge in [-0.05, 0) is 25.9 Å². The minimum absolute atomic E-state index is 0.569. The minimum Gasteiger partial charge on any atom is -0.302 e. The van der Waals surface area contributed by atoms with Crippen LogP contribution in [0.25, 0.3) is 0 Å². The molecule has 0 aromatic rings. The van der Waals surface area contributed by atoms with Crippen molar-refractivity contribution in [1.29, 1.82) is 0 Å². The molecule has 1 rings (SSSR count). The monoisotopic (exact) mass is 113 g/mol. The molecule has 0 aliphatic carbocycles. The molecule has 0 atom stereocenters. The highest BCUT2D eigenvalue weighted by atomic mass is 15.1. The molecular formula is C6H13N2. The molecule has 1 heterocycles. The van der Waals surface area contributed by atoms with Crippen LogP contribution in [0.1, 0.15) is 12.8 Å². The third kappa shape index (κ3) is 1.46. The van der Waals surface area contributed by atoms with Gasteiger partial charge in [0.2, 0.25) is 0 Å². The lowest BCUT2D eigenvalue weighted by Gasteiger charge is -2.10. The van der Waals surface area contributed by atoms with Crippen LogP contribution in [-0.2, 0) is 0 Å². The van der Waals surface area contributed by atoms with Gasteiger partial charge < -0.3 is 4.90 Å². The summed E-state index contributed by atoms with van der Waals surface area (Å²) in [6.45, 7) is 4.03. The molecule has 0 aromatic carbocycles. The fraction of sp³-hybridized carbons (Fsp3) is 1.00. The summed E-state index contributed by atoms with van der Waals surface area (Å²) in [5, 5.41) is 0. The Hall–Kier alpha value is -0.0800. The summed E-state index contributed by atoms with van der Waals surface area (Å²) >= 11 is 0. The first-order valence-corrected chi connectivity index (χ1v) is 3.30. The molecule has 2 nitrogen and oxygen atoms in total. The molecule has 0 spiro atoms. The van der Waals surface area contributed by atoms with Crippen LogP contribution in [0.3, 0.4) is 0 Å². The van der Waals surface area contributed by atoms with Gasteiger partial charge in [-0.3, -0.25) is 5.73 Å². The van der Waals surface area contributed by atoms with E-state index >= 15 is 0 Å². The van der Waals surface area contributed by atoms with E-state index in [1.165, 1.54) is 25.9 Å². The van der Waals surface area contributed by atoms with E-state index < -0.39 is 0 Å². The second kappa shape index (κ2) is 3.05. The van der Waals surface area contributed by atoms with Crippen molar-refractivity contribution in [3.05, 3.63) is 0 Å². The molecule has 1 aliphatic heterocycles. The maximum atomic E-state index is 6.93. The van der Waals surface area contributed by atoms with Crippen molar-refractivity contribution >= 4 is 0 Å². The summed E-state index contributed by atoms with van der Waals surface area (Å²) in [6, 6.07) is 0. The van der Waals surface area contributed by atoms with E-state index in [0.29, 0.717) is 6.54 Å². The third-order valence-corrected chi connectivity index (χ3v) is 1.63. The molecule has 0 amide bonds. The van der Waals surface area contributed by atoms with Gasteiger partial charge in [0.1, 0.15) is 0 Å².